The van der Waals surface area contributed by atoms with Gasteiger partial charge in [0.2, 0.25) is 0 Å². The minimum atomic E-state index is -1.43. The molecule has 8 nitrogen and oxygen atoms in total. The number of amides is 1. The van der Waals surface area contributed by atoms with Gasteiger partial charge in [0.1, 0.15) is 15.5 Å². The number of carbonyl (C=O) groups excluding carboxylic acids is 1. The van der Waals surface area contributed by atoms with Gasteiger partial charge >= 0.3 is 0 Å². The van der Waals surface area contributed by atoms with Gasteiger partial charge in [-0.25, -0.2) is 14.1 Å². The molecule has 2 N–H and O–H groups in total. The monoisotopic (exact) mass is 546 g/mol. The standard InChI is InChI=1S/C27H23FN6O2S2/c1-16-4-7-19(13-23(16)30-18-8-11-22-21(12-18)27(37)33(2)15-29-22)31-26(35)24-14-25(38(3)36)34(32-24)20-9-5-17(28)6-10-20/h4-15,30H,1-3H3,(H,31,35). The minimum Gasteiger partial charge on any atom is -0.355 e. The Labute approximate surface area is 225 Å². The number of aryl methyl sites for hydroxylation is 2. The van der Waals surface area contributed by atoms with E-state index in [1.807, 2.05) is 44.3 Å². The molecule has 0 saturated carbocycles. The van der Waals surface area contributed by atoms with E-state index in [0.717, 1.165) is 27.8 Å². The molecule has 0 bridgehead atoms. The summed E-state index contributed by atoms with van der Waals surface area (Å²) in [7, 11) is 0.428. The molecule has 1 atom stereocenters. The molecule has 0 spiro atoms. The van der Waals surface area contributed by atoms with E-state index in [0.29, 0.717) is 21.0 Å². The summed E-state index contributed by atoms with van der Waals surface area (Å²) < 4.78 is 29.5. The highest BCUT2D eigenvalue weighted by atomic mass is 32.2. The lowest BCUT2D eigenvalue weighted by molar-refractivity contribution is 0.102. The van der Waals surface area contributed by atoms with Crippen LogP contribution < -0.4 is 10.6 Å². The lowest BCUT2D eigenvalue weighted by atomic mass is 10.1. The number of halogens is 1. The molecule has 5 rings (SSSR count). The van der Waals surface area contributed by atoms with E-state index in [-0.39, 0.29) is 5.69 Å². The summed E-state index contributed by atoms with van der Waals surface area (Å²) in [5.41, 5.74) is 4.55. The van der Waals surface area contributed by atoms with Crippen molar-refractivity contribution in [3.05, 3.63) is 94.8 Å². The van der Waals surface area contributed by atoms with Gasteiger partial charge in [-0.15, -0.1) is 0 Å². The Morgan fingerprint density at radius 3 is 2.50 bits per heavy atom. The maximum Gasteiger partial charge on any atom is 0.276 e. The quantitative estimate of drug-likeness (QED) is 0.267. The van der Waals surface area contributed by atoms with Crippen LogP contribution in [-0.4, -0.2) is 35.7 Å². The Bertz CT molecular complexity index is 1780. The maximum absolute atomic E-state index is 13.4. The number of nitrogens with zero attached hydrogens (tertiary/aromatic N) is 4. The smallest absolute Gasteiger partial charge is 0.276 e. The van der Waals surface area contributed by atoms with Crippen molar-refractivity contribution in [2.75, 3.05) is 16.9 Å². The number of aromatic nitrogens is 4. The fraction of sp³-hybridized carbons (Fsp3) is 0.111. The normalized spacial score (nSPS) is 11.9. The fourth-order valence-corrected chi connectivity index (χ4v) is 4.80. The van der Waals surface area contributed by atoms with Gasteiger partial charge in [0.15, 0.2) is 5.69 Å². The lowest BCUT2D eigenvalue weighted by Gasteiger charge is -2.13. The first-order valence-electron chi connectivity index (χ1n) is 11.5. The van der Waals surface area contributed by atoms with Crippen LogP contribution in [0.4, 0.5) is 21.5 Å². The molecule has 1 amide bonds. The van der Waals surface area contributed by atoms with E-state index in [1.165, 1.54) is 41.3 Å². The third kappa shape index (κ3) is 5.11. The SMILES string of the molecule is Cc1ccc(NC(=O)c2cc(S(C)=O)n(-c3ccc(F)cc3)n2)cc1Nc1ccc2ncn(C)c(=S)c2c1. The summed E-state index contributed by atoms with van der Waals surface area (Å²) >= 11 is 5.53. The maximum atomic E-state index is 13.4. The summed E-state index contributed by atoms with van der Waals surface area (Å²) in [4.78, 5) is 17.5. The largest absolute Gasteiger partial charge is 0.355 e. The number of hydrogen-bond donors (Lipinski definition) is 2. The van der Waals surface area contributed by atoms with Gasteiger partial charge < -0.3 is 15.2 Å². The molecular weight excluding hydrogens is 523 g/mol. The molecule has 0 aliphatic heterocycles. The Hall–Kier alpha value is -4.22. The van der Waals surface area contributed by atoms with Crippen LogP contribution in [0.15, 0.2) is 78.1 Å². The molecule has 0 aliphatic rings. The molecule has 0 fully saturated rings. The van der Waals surface area contributed by atoms with Gasteiger partial charge in [0.05, 0.1) is 28.3 Å². The van der Waals surface area contributed by atoms with Crippen LogP contribution in [0.1, 0.15) is 16.1 Å². The summed E-state index contributed by atoms with van der Waals surface area (Å²) in [6.07, 6.45) is 3.19. The summed E-state index contributed by atoms with van der Waals surface area (Å²) in [6.45, 7) is 1.96. The van der Waals surface area contributed by atoms with Crippen LogP contribution in [0.2, 0.25) is 0 Å². The molecule has 0 aliphatic carbocycles. The van der Waals surface area contributed by atoms with E-state index in [9.17, 15) is 13.4 Å². The molecule has 2 aromatic heterocycles. The molecule has 38 heavy (non-hydrogen) atoms. The van der Waals surface area contributed by atoms with Crippen molar-refractivity contribution >= 4 is 56.9 Å². The Morgan fingerprint density at radius 2 is 1.76 bits per heavy atom. The number of carbonyl (C=O) groups is 1. The lowest BCUT2D eigenvalue weighted by Crippen LogP contribution is -2.13. The summed E-state index contributed by atoms with van der Waals surface area (Å²) in [6, 6.07) is 18.3. The first-order valence-corrected chi connectivity index (χ1v) is 13.5. The second-order valence-corrected chi connectivity index (χ2v) is 10.4. The molecule has 2 heterocycles. The summed E-state index contributed by atoms with van der Waals surface area (Å²) in [5.74, 6) is -0.867. The predicted octanol–water partition coefficient (Wildman–Crippen LogP) is 5.67. The average Bonchev–Trinajstić information content (AvgIpc) is 3.35. The highest BCUT2D eigenvalue weighted by molar-refractivity contribution is 7.84. The molecule has 3 aromatic carbocycles. The molecular formula is C27H23FN6O2S2. The second kappa shape index (κ2) is 10.3. The van der Waals surface area contributed by atoms with Crippen LogP contribution in [-0.2, 0) is 17.8 Å². The molecule has 0 radical (unpaired) electrons. The number of nitrogens with one attached hydrogen (secondary N) is 2. The Balaban J connectivity index is 1.41. The number of anilines is 3. The minimum absolute atomic E-state index is 0.0856. The first kappa shape index (κ1) is 25.4. The van der Waals surface area contributed by atoms with E-state index in [1.54, 1.807) is 17.0 Å². The third-order valence-electron chi connectivity index (χ3n) is 5.97. The van der Waals surface area contributed by atoms with Crippen LogP contribution in [0, 0.1) is 17.4 Å². The molecule has 11 heteroatoms. The zero-order chi connectivity index (χ0) is 27.0. The third-order valence-corrected chi connectivity index (χ3v) is 7.35. The predicted molar refractivity (Wildman–Crippen MR) is 150 cm³/mol. The first-order chi connectivity index (χ1) is 18.2. The molecule has 1 unspecified atom stereocenters. The number of hydrogen-bond acceptors (Lipinski definition) is 6. The summed E-state index contributed by atoms with van der Waals surface area (Å²) in [5, 5.41) is 11.8. The van der Waals surface area contributed by atoms with Gasteiger partial charge in [-0.2, -0.15) is 5.10 Å². The van der Waals surface area contributed by atoms with Crippen molar-refractivity contribution in [3.8, 4) is 5.69 Å². The molecule has 192 valence electrons. The van der Waals surface area contributed by atoms with Crippen molar-refractivity contribution in [2.45, 2.75) is 11.9 Å². The zero-order valence-corrected chi connectivity index (χ0v) is 22.4. The topological polar surface area (TPSA) is 93.8 Å². The van der Waals surface area contributed by atoms with Gasteiger partial charge in [0.25, 0.3) is 5.91 Å². The number of rotatable bonds is 6. The van der Waals surface area contributed by atoms with Crippen molar-refractivity contribution in [1.29, 1.82) is 0 Å². The van der Waals surface area contributed by atoms with Gasteiger partial charge in [-0.05, 0) is 67.1 Å². The second-order valence-electron chi connectivity index (χ2n) is 8.71. The molecule has 5 aromatic rings. The van der Waals surface area contributed by atoms with E-state index >= 15 is 0 Å². The van der Waals surface area contributed by atoms with E-state index in [4.69, 9.17) is 12.2 Å². The fourth-order valence-electron chi connectivity index (χ4n) is 3.92. The van der Waals surface area contributed by atoms with Gasteiger partial charge in [-0.3, -0.25) is 9.00 Å². The molecule has 0 saturated heterocycles. The average molecular weight is 547 g/mol. The zero-order valence-electron chi connectivity index (χ0n) is 20.7. The number of fused-ring (bicyclic) bond motifs is 1. The van der Waals surface area contributed by atoms with Crippen molar-refractivity contribution in [2.24, 2.45) is 7.05 Å². The van der Waals surface area contributed by atoms with Crippen molar-refractivity contribution < 1.29 is 13.4 Å². The van der Waals surface area contributed by atoms with Crippen LogP contribution >= 0.6 is 12.2 Å². The highest BCUT2D eigenvalue weighted by Gasteiger charge is 2.18. The highest BCUT2D eigenvalue weighted by Crippen LogP contribution is 2.27. The van der Waals surface area contributed by atoms with Crippen LogP contribution in [0.3, 0.4) is 0 Å². The number of benzene rings is 3. The van der Waals surface area contributed by atoms with Crippen LogP contribution in [0.25, 0.3) is 16.6 Å². The van der Waals surface area contributed by atoms with Gasteiger partial charge in [0, 0.05) is 41.8 Å². The van der Waals surface area contributed by atoms with E-state index in [2.05, 4.69) is 20.7 Å². The van der Waals surface area contributed by atoms with Gasteiger partial charge in [-0.1, -0.05) is 18.3 Å². The van der Waals surface area contributed by atoms with Crippen LogP contribution in [0.5, 0.6) is 0 Å². The Morgan fingerprint density at radius 1 is 1.03 bits per heavy atom. The Kier molecular flexibility index (Phi) is 6.87. The van der Waals surface area contributed by atoms with Crippen molar-refractivity contribution in [1.82, 2.24) is 19.3 Å². The van der Waals surface area contributed by atoms with E-state index < -0.39 is 22.5 Å². The van der Waals surface area contributed by atoms with Crippen molar-refractivity contribution in [3.63, 3.8) is 0 Å².